The normalized spacial score (nSPS) is 13.9. The van der Waals surface area contributed by atoms with E-state index in [9.17, 15) is 0 Å². The SMILES string of the molecule is Cp1c2ccccc2c2cccc(-c3cccc4c(-c5cccc6c5-c5ccccc5C65c6ccccc6-c6ccccc65)c5cccc(-c6cccc7c8ccccc8p(C)c67)c5cc34)c21. The average molecular weight is 885 g/mol. The molecule has 2 aromatic heterocycles. The van der Waals surface area contributed by atoms with Crippen LogP contribution >= 0.6 is 15.1 Å². The Morgan fingerprint density at radius 3 is 1.15 bits per heavy atom. The Kier molecular flexibility index (Phi) is 7.77. The van der Waals surface area contributed by atoms with Crippen LogP contribution in [0.4, 0.5) is 0 Å². The van der Waals surface area contributed by atoms with E-state index in [-0.39, 0.29) is 0 Å². The lowest BCUT2D eigenvalue weighted by Gasteiger charge is -2.30. The highest BCUT2D eigenvalue weighted by Gasteiger charge is 2.52. The first kappa shape index (κ1) is 37.7. The van der Waals surface area contributed by atoms with E-state index in [1.807, 2.05) is 0 Å². The van der Waals surface area contributed by atoms with Gasteiger partial charge in [0.15, 0.2) is 0 Å². The topological polar surface area (TPSA) is 0 Å². The lowest BCUT2D eigenvalue weighted by molar-refractivity contribution is 0.794. The predicted molar refractivity (Wildman–Crippen MR) is 291 cm³/mol. The maximum atomic E-state index is 2.57. The number of hydrogen-bond donors (Lipinski definition) is 0. The molecule has 2 unspecified atom stereocenters. The molecule has 2 heterocycles. The number of fused-ring (bicyclic) bond motifs is 18. The third-order valence-corrected chi connectivity index (χ3v) is 20.3. The zero-order valence-electron chi connectivity index (χ0n) is 37.2. The molecule has 0 saturated carbocycles. The highest BCUT2D eigenvalue weighted by atomic mass is 31.1. The Morgan fingerprint density at radius 1 is 0.254 bits per heavy atom. The summed E-state index contributed by atoms with van der Waals surface area (Å²) in [4.78, 5) is 0. The molecule has 0 radical (unpaired) electrons. The standard InChI is InChI=1S/C65H42P2/c1-66-59-36-11-6-20-43(59)49-29-15-27-47(63(49)66)39-23-13-25-45-53(39)38-54-40(48-28-16-30-50-44-21-7-12-37-60(44)67(2)64(48)50)24-14-26-46(54)61(45)52-31-17-35-58-62(52)51-22-5-10-34-57(51)65(58)55-32-8-3-18-41(55)42-19-4-9-33-56(42)65/h3-38H,1-2H3. The molecule has 0 N–H and O–H groups in total. The molecule has 0 saturated heterocycles. The molecule has 67 heavy (non-hydrogen) atoms. The van der Waals surface area contributed by atoms with Crippen LogP contribution in [0.25, 0.3) is 119 Å². The van der Waals surface area contributed by atoms with Crippen molar-refractivity contribution in [1.82, 2.24) is 0 Å². The minimum absolute atomic E-state index is 0.429. The Hall–Kier alpha value is -7.46. The fourth-order valence-electron chi connectivity index (χ4n) is 13.2. The summed E-state index contributed by atoms with van der Waals surface area (Å²) >= 11 is 0. The van der Waals surface area contributed by atoms with Crippen molar-refractivity contribution in [2.75, 3.05) is 0 Å². The number of benzene rings is 11. The van der Waals surface area contributed by atoms with Crippen molar-refractivity contribution >= 4 is 78.6 Å². The van der Waals surface area contributed by atoms with Crippen molar-refractivity contribution in [2.24, 2.45) is 13.3 Å². The van der Waals surface area contributed by atoms with E-state index in [2.05, 4.69) is 232 Å². The summed E-state index contributed by atoms with van der Waals surface area (Å²) in [5, 5.41) is 16.7. The number of hydrogen-bond acceptors (Lipinski definition) is 0. The van der Waals surface area contributed by atoms with Gasteiger partial charge in [-0.1, -0.05) is 212 Å². The third kappa shape index (κ3) is 4.80. The van der Waals surface area contributed by atoms with E-state index >= 15 is 0 Å². The lowest BCUT2D eigenvalue weighted by Crippen LogP contribution is -2.25. The number of rotatable bonds is 3. The van der Waals surface area contributed by atoms with Crippen molar-refractivity contribution in [3.63, 3.8) is 0 Å². The number of aryl methyl sites for hydroxylation is 2. The summed E-state index contributed by atoms with van der Waals surface area (Å²) in [6.07, 6.45) is 0. The summed E-state index contributed by atoms with van der Waals surface area (Å²) in [6.45, 7) is 4.93. The quantitative estimate of drug-likeness (QED) is 0.155. The zero-order chi connectivity index (χ0) is 44.1. The molecule has 0 bridgehead atoms. The Balaban J connectivity index is 1.11. The first-order valence-electron chi connectivity index (χ1n) is 23.5. The van der Waals surface area contributed by atoms with Crippen molar-refractivity contribution in [2.45, 2.75) is 5.41 Å². The molecule has 0 fully saturated rings. The van der Waals surface area contributed by atoms with Gasteiger partial charge in [-0.2, -0.15) is 0 Å². The lowest BCUT2D eigenvalue weighted by atomic mass is 9.70. The molecule has 2 heteroatoms. The molecule has 2 aliphatic carbocycles. The van der Waals surface area contributed by atoms with Crippen molar-refractivity contribution in [3.8, 4) is 55.6 Å². The monoisotopic (exact) mass is 884 g/mol. The summed E-state index contributed by atoms with van der Waals surface area (Å²) in [5.41, 5.74) is 18.3. The second-order valence-electron chi connectivity index (χ2n) is 18.7. The molecule has 0 aliphatic heterocycles. The van der Waals surface area contributed by atoms with Gasteiger partial charge in [-0.05, 0) is 140 Å². The average Bonchev–Trinajstić information content (AvgIpc) is 4.07. The molecule has 11 aromatic carbocycles. The van der Waals surface area contributed by atoms with Gasteiger partial charge in [0.05, 0.1) is 5.41 Å². The van der Waals surface area contributed by atoms with Crippen LogP contribution in [0.3, 0.4) is 0 Å². The molecule has 13 aromatic rings. The van der Waals surface area contributed by atoms with E-state index < -0.39 is 20.5 Å². The summed E-state index contributed by atoms with van der Waals surface area (Å²) in [6, 6.07) is 83.9. The van der Waals surface area contributed by atoms with Crippen LogP contribution in [0.15, 0.2) is 218 Å². The van der Waals surface area contributed by atoms with E-state index in [0.29, 0.717) is 0 Å². The van der Waals surface area contributed by atoms with Crippen LogP contribution < -0.4 is 0 Å². The first-order chi connectivity index (χ1) is 33.1. The van der Waals surface area contributed by atoms with Crippen LogP contribution in [0.5, 0.6) is 0 Å². The molecule has 0 amide bonds. The van der Waals surface area contributed by atoms with Crippen LogP contribution in [-0.4, -0.2) is 0 Å². The van der Waals surface area contributed by atoms with Crippen molar-refractivity contribution in [3.05, 3.63) is 241 Å². The maximum absolute atomic E-state index is 2.57. The van der Waals surface area contributed by atoms with Crippen LogP contribution in [0.1, 0.15) is 22.3 Å². The molecule has 15 rings (SSSR count). The van der Waals surface area contributed by atoms with E-state index in [0.717, 1.165) is 0 Å². The van der Waals surface area contributed by atoms with Gasteiger partial charge in [0.2, 0.25) is 0 Å². The molecule has 2 aliphatic rings. The fraction of sp³-hybridized carbons (Fsp3) is 0.0462. The van der Waals surface area contributed by atoms with E-state index in [4.69, 9.17) is 0 Å². The van der Waals surface area contributed by atoms with Gasteiger partial charge in [0, 0.05) is 20.5 Å². The minimum atomic E-state index is -0.538. The van der Waals surface area contributed by atoms with Gasteiger partial charge in [-0.3, -0.25) is 0 Å². The highest BCUT2D eigenvalue weighted by molar-refractivity contribution is 7.60. The van der Waals surface area contributed by atoms with E-state index in [1.165, 1.54) is 141 Å². The van der Waals surface area contributed by atoms with Gasteiger partial charge < -0.3 is 0 Å². The molecular formula is C65H42P2. The third-order valence-electron chi connectivity index (χ3n) is 15.8. The molecule has 0 nitrogen and oxygen atoms in total. The molecule has 2 atom stereocenters. The maximum Gasteiger partial charge on any atom is 0.0725 e. The molecule has 1 spiro atoms. The van der Waals surface area contributed by atoms with Crippen LogP contribution in [0.2, 0.25) is 0 Å². The van der Waals surface area contributed by atoms with Crippen molar-refractivity contribution in [1.29, 1.82) is 0 Å². The van der Waals surface area contributed by atoms with E-state index in [1.54, 1.807) is 0 Å². The summed E-state index contributed by atoms with van der Waals surface area (Å²) < 4.78 is 0. The highest BCUT2D eigenvalue weighted by Crippen LogP contribution is 2.65. The van der Waals surface area contributed by atoms with Gasteiger partial charge in [-0.25, -0.2) is 0 Å². The van der Waals surface area contributed by atoms with Crippen molar-refractivity contribution < 1.29 is 0 Å². The second-order valence-corrected chi connectivity index (χ2v) is 22.8. The molecular weight excluding hydrogens is 843 g/mol. The summed E-state index contributed by atoms with van der Waals surface area (Å²) in [5.74, 6) is 0. The molecule has 312 valence electrons. The predicted octanol–water partition coefficient (Wildman–Crippen LogP) is 19.0. The largest absolute Gasteiger partial charge is 0.111 e. The Labute approximate surface area is 391 Å². The first-order valence-corrected chi connectivity index (χ1v) is 27.1. The Morgan fingerprint density at radius 2 is 0.612 bits per heavy atom. The fourth-order valence-corrected chi connectivity index (χ4v) is 17.6. The zero-order valence-corrected chi connectivity index (χ0v) is 39.0. The van der Waals surface area contributed by atoms with Gasteiger partial charge in [0.25, 0.3) is 0 Å². The van der Waals surface area contributed by atoms with Crippen LogP contribution in [0, 0.1) is 0 Å². The smallest absolute Gasteiger partial charge is 0.0725 e. The van der Waals surface area contributed by atoms with Gasteiger partial charge >= 0.3 is 0 Å². The van der Waals surface area contributed by atoms with Gasteiger partial charge in [0.1, 0.15) is 0 Å². The second kappa shape index (κ2) is 13.8. The summed E-state index contributed by atoms with van der Waals surface area (Å²) in [7, 11) is -1.08. The Bertz CT molecular complexity index is 4080. The van der Waals surface area contributed by atoms with Crippen LogP contribution in [-0.2, 0) is 18.7 Å². The minimum Gasteiger partial charge on any atom is -0.111 e. The van der Waals surface area contributed by atoms with Gasteiger partial charge in [-0.15, -0.1) is 15.1 Å².